The standard InChI is InChI=1S/C16H33NO/c1-5-10-14(4)13-15(18)16(6-2,7-3)17-11-8-9-12-17/h14-15,18H,5-13H2,1-4H3. The van der Waals surface area contributed by atoms with Gasteiger partial charge in [-0.15, -0.1) is 0 Å². The van der Waals surface area contributed by atoms with Crippen LogP contribution in [0.15, 0.2) is 0 Å². The summed E-state index contributed by atoms with van der Waals surface area (Å²) in [7, 11) is 0. The molecule has 0 aromatic carbocycles. The van der Waals surface area contributed by atoms with Crippen LogP contribution >= 0.6 is 0 Å². The van der Waals surface area contributed by atoms with Crippen LogP contribution in [0.25, 0.3) is 0 Å². The van der Waals surface area contributed by atoms with E-state index in [1.165, 1.54) is 38.8 Å². The van der Waals surface area contributed by atoms with Crippen molar-refractivity contribution in [2.24, 2.45) is 5.92 Å². The summed E-state index contributed by atoms with van der Waals surface area (Å²) in [4.78, 5) is 2.57. The van der Waals surface area contributed by atoms with Gasteiger partial charge in [0.1, 0.15) is 0 Å². The zero-order chi connectivity index (χ0) is 13.6. The van der Waals surface area contributed by atoms with Crippen LogP contribution in [-0.2, 0) is 0 Å². The minimum atomic E-state index is -0.160. The quantitative estimate of drug-likeness (QED) is 0.712. The highest BCUT2D eigenvalue weighted by Crippen LogP contribution is 2.34. The van der Waals surface area contributed by atoms with Gasteiger partial charge in [-0.3, -0.25) is 4.90 Å². The van der Waals surface area contributed by atoms with Crippen LogP contribution in [0.3, 0.4) is 0 Å². The topological polar surface area (TPSA) is 23.5 Å². The van der Waals surface area contributed by atoms with Crippen molar-refractivity contribution in [3.05, 3.63) is 0 Å². The molecule has 0 aromatic heterocycles. The number of nitrogens with zero attached hydrogens (tertiary/aromatic N) is 1. The molecule has 2 unspecified atom stereocenters. The first-order chi connectivity index (χ1) is 8.60. The van der Waals surface area contributed by atoms with Crippen LogP contribution < -0.4 is 0 Å². The predicted octanol–water partition coefficient (Wildman–Crippen LogP) is 3.83. The Bertz CT molecular complexity index is 219. The monoisotopic (exact) mass is 255 g/mol. The van der Waals surface area contributed by atoms with Crippen molar-refractivity contribution in [3.63, 3.8) is 0 Å². The Morgan fingerprint density at radius 3 is 2.11 bits per heavy atom. The van der Waals surface area contributed by atoms with Crippen molar-refractivity contribution in [2.75, 3.05) is 13.1 Å². The number of hydrogen-bond donors (Lipinski definition) is 1. The molecule has 2 atom stereocenters. The molecule has 2 nitrogen and oxygen atoms in total. The second-order valence-electron chi connectivity index (χ2n) is 6.15. The molecule has 1 heterocycles. The maximum absolute atomic E-state index is 10.8. The van der Waals surface area contributed by atoms with Gasteiger partial charge in [0, 0.05) is 5.54 Å². The molecular weight excluding hydrogens is 222 g/mol. The Balaban J connectivity index is 2.69. The van der Waals surface area contributed by atoms with E-state index >= 15 is 0 Å². The number of aliphatic hydroxyl groups excluding tert-OH is 1. The van der Waals surface area contributed by atoms with Crippen LogP contribution in [-0.4, -0.2) is 34.7 Å². The maximum atomic E-state index is 10.8. The van der Waals surface area contributed by atoms with Gasteiger partial charge in [0.05, 0.1) is 6.10 Å². The Morgan fingerprint density at radius 2 is 1.67 bits per heavy atom. The maximum Gasteiger partial charge on any atom is 0.0726 e. The van der Waals surface area contributed by atoms with E-state index in [0.29, 0.717) is 5.92 Å². The van der Waals surface area contributed by atoms with Gasteiger partial charge in [-0.2, -0.15) is 0 Å². The normalized spacial score (nSPS) is 21.2. The largest absolute Gasteiger partial charge is 0.391 e. The lowest BCUT2D eigenvalue weighted by molar-refractivity contribution is -0.0386. The van der Waals surface area contributed by atoms with Gasteiger partial charge in [-0.1, -0.05) is 40.5 Å². The number of hydrogen-bond acceptors (Lipinski definition) is 2. The molecule has 108 valence electrons. The van der Waals surface area contributed by atoms with Gasteiger partial charge in [0.2, 0.25) is 0 Å². The van der Waals surface area contributed by atoms with Crippen molar-refractivity contribution < 1.29 is 5.11 Å². The Kier molecular flexibility index (Phi) is 6.65. The van der Waals surface area contributed by atoms with Crippen molar-refractivity contribution in [2.45, 2.75) is 84.3 Å². The van der Waals surface area contributed by atoms with Crippen molar-refractivity contribution >= 4 is 0 Å². The molecule has 1 N–H and O–H groups in total. The molecule has 0 aromatic rings. The second-order valence-corrected chi connectivity index (χ2v) is 6.15. The smallest absolute Gasteiger partial charge is 0.0726 e. The fraction of sp³-hybridized carbons (Fsp3) is 1.00. The minimum Gasteiger partial charge on any atom is -0.391 e. The summed E-state index contributed by atoms with van der Waals surface area (Å²) >= 11 is 0. The van der Waals surface area contributed by atoms with Gasteiger partial charge < -0.3 is 5.11 Å². The molecular formula is C16H33NO. The Hall–Kier alpha value is -0.0800. The molecule has 1 saturated heterocycles. The van der Waals surface area contributed by atoms with E-state index in [2.05, 4.69) is 32.6 Å². The lowest BCUT2D eigenvalue weighted by atomic mass is 9.80. The van der Waals surface area contributed by atoms with Crippen molar-refractivity contribution in [1.29, 1.82) is 0 Å². The molecule has 1 fully saturated rings. The van der Waals surface area contributed by atoms with E-state index < -0.39 is 0 Å². The third-order valence-corrected chi connectivity index (χ3v) is 4.99. The van der Waals surface area contributed by atoms with Gasteiger partial charge in [-0.05, 0) is 51.1 Å². The highest BCUT2D eigenvalue weighted by atomic mass is 16.3. The Morgan fingerprint density at radius 1 is 1.11 bits per heavy atom. The lowest BCUT2D eigenvalue weighted by Crippen LogP contribution is -2.55. The first-order valence-corrected chi connectivity index (χ1v) is 8.03. The van der Waals surface area contributed by atoms with E-state index in [-0.39, 0.29) is 11.6 Å². The molecule has 1 aliphatic heterocycles. The minimum absolute atomic E-state index is 0.0402. The van der Waals surface area contributed by atoms with Crippen molar-refractivity contribution in [1.82, 2.24) is 4.90 Å². The zero-order valence-electron chi connectivity index (χ0n) is 12.9. The lowest BCUT2D eigenvalue weighted by Gasteiger charge is -2.45. The van der Waals surface area contributed by atoms with Crippen molar-refractivity contribution in [3.8, 4) is 0 Å². The molecule has 0 aliphatic carbocycles. The summed E-state index contributed by atoms with van der Waals surface area (Å²) in [6.45, 7) is 11.4. The third kappa shape index (κ3) is 3.48. The third-order valence-electron chi connectivity index (χ3n) is 4.99. The van der Waals surface area contributed by atoms with Crippen LogP contribution in [0.1, 0.15) is 72.6 Å². The van der Waals surface area contributed by atoms with Gasteiger partial charge >= 0.3 is 0 Å². The first-order valence-electron chi connectivity index (χ1n) is 8.03. The first kappa shape index (κ1) is 16.0. The average Bonchev–Trinajstić information content (AvgIpc) is 2.86. The van der Waals surface area contributed by atoms with Crippen LogP contribution in [0.2, 0.25) is 0 Å². The fourth-order valence-corrected chi connectivity index (χ4v) is 3.75. The van der Waals surface area contributed by atoms with Crippen LogP contribution in [0.4, 0.5) is 0 Å². The molecule has 0 saturated carbocycles. The molecule has 0 spiro atoms. The average molecular weight is 255 g/mol. The van der Waals surface area contributed by atoms with E-state index in [9.17, 15) is 5.11 Å². The highest BCUT2D eigenvalue weighted by molar-refractivity contribution is 4.97. The van der Waals surface area contributed by atoms with Gasteiger partial charge in [0.25, 0.3) is 0 Å². The molecule has 1 aliphatic rings. The predicted molar refractivity (Wildman–Crippen MR) is 78.8 cm³/mol. The van der Waals surface area contributed by atoms with Crippen LogP contribution in [0.5, 0.6) is 0 Å². The van der Waals surface area contributed by atoms with E-state index in [1.54, 1.807) is 0 Å². The summed E-state index contributed by atoms with van der Waals surface area (Å²) in [6.07, 6.45) is 8.02. The fourth-order valence-electron chi connectivity index (χ4n) is 3.75. The molecule has 2 heteroatoms. The summed E-state index contributed by atoms with van der Waals surface area (Å²) in [5, 5.41) is 10.8. The van der Waals surface area contributed by atoms with E-state index in [0.717, 1.165) is 19.3 Å². The Labute approximate surface area is 114 Å². The number of rotatable bonds is 8. The van der Waals surface area contributed by atoms with Gasteiger partial charge in [-0.25, -0.2) is 0 Å². The summed E-state index contributed by atoms with van der Waals surface area (Å²) < 4.78 is 0. The molecule has 0 bridgehead atoms. The summed E-state index contributed by atoms with van der Waals surface area (Å²) in [5.41, 5.74) is 0.0402. The zero-order valence-corrected chi connectivity index (χ0v) is 12.9. The number of likely N-dealkylation sites (tertiary alicyclic amines) is 1. The van der Waals surface area contributed by atoms with Crippen LogP contribution in [0, 0.1) is 5.92 Å². The SMILES string of the molecule is CCCC(C)CC(O)C(CC)(CC)N1CCCC1. The second kappa shape index (κ2) is 7.49. The van der Waals surface area contributed by atoms with Gasteiger partial charge in [0.15, 0.2) is 0 Å². The van der Waals surface area contributed by atoms with E-state index in [4.69, 9.17) is 0 Å². The molecule has 0 radical (unpaired) electrons. The van der Waals surface area contributed by atoms with E-state index in [1.807, 2.05) is 0 Å². The number of aliphatic hydroxyl groups is 1. The summed E-state index contributed by atoms with van der Waals surface area (Å²) in [5.74, 6) is 0.644. The molecule has 0 amide bonds. The molecule has 18 heavy (non-hydrogen) atoms. The highest BCUT2D eigenvalue weighted by Gasteiger charge is 2.41. The summed E-state index contributed by atoms with van der Waals surface area (Å²) in [6, 6.07) is 0. The molecule has 1 rings (SSSR count).